The van der Waals surface area contributed by atoms with Gasteiger partial charge in [0.1, 0.15) is 5.75 Å². The molecule has 126 valence electrons. The maximum absolute atomic E-state index is 12.1. The van der Waals surface area contributed by atoms with Crippen LogP contribution in [0.1, 0.15) is 32.4 Å². The highest BCUT2D eigenvalue weighted by Gasteiger charge is 2.36. The van der Waals surface area contributed by atoms with Gasteiger partial charge in [0.15, 0.2) is 6.10 Å². The second-order valence-electron chi connectivity index (χ2n) is 4.59. The van der Waals surface area contributed by atoms with Crippen LogP contribution in [0.5, 0.6) is 5.75 Å². The Labute approximate surface area is 134 Å². The Kier molecular flexibility index (Phi) is 7.05. The molecule has 0 N–H and O–H groups in total. The largest absolute Gasteiger partial charge is 0.497 e. The molecule has 0 aromatic heterocycles. The highest BCUT2D eigenvalue weighted by Crippen LogP contribution is 2.27. The van der Waals surface area contributed by atoms with Crippen LogP contribution >= 0.6 is 0 Å². The van der Waals surface area contributed by atoms with Crippen LogP contribution in [0.4, 0.5) is 0 Å². The summed E-state index contributed by atoms with van der Waals surface area (Å²) in [5.74, 6) is -1.50. The van der Waals surface area contributed by atoms with E-state index < -0.39 is 30.1 Å². The Balaban J connectivity index is 3.18. The van der Waals surface area contributed by atoms with Crippen molar-refractivity contribution in [2.75, 3.05) is 13.7 Å². The molecule has 0 bridgehead atoms. The number of carbonyl (C=O) groups is 3. The van der Waals surface area contributed by atoms with Crippen LogP contribution in [0.15, 0.2) is 24.3 Å². The predicted octanol–water partition coefficient (Wildman–Crippen LogP) is 1.79. The molecule has 0 fully saturated rings. The predicted molar refractivity (Wildman–Crippen MR) is 79.7 cm³/mol. The fourth-order valence-corrected chi connectivity index (χ4v) is 1.91. The Morgan fingerprint density at radius 2 is 1.57 bits per heavy atom. The summed E-state index contributed by atoms with van der Waals surface area (Å²) in [7, 11) is 1.51. The number of hydrogen-bond donors (Lipinski definition) is 0. The molecular formula is C16H20O7. The highest BCUT2D eigenvalue weighted by molar-refractivity contribution is 5.80. The van der Waals surface area contributed by atoms with Crippen molar-refractivity contribution in [3.05, 3.63) is 29.8 Å². The quantitative estimate of drug-likeness (QED) is 0.558. The fourth-order valence-electron chi connectivity index (χ4n) is 1.91. The van der Waals surface area contributed by atoms with E-state index in [-0.39, 0.29) is 6.61 Å². The third-order valence-electron chi connectivity index (χ3n) is 2.82. The van der Waals surface area contributed by atoms with E-state index in [1.165, 1.54) is 14.0 Å². The van der Waals surface area contributed by atoms with E-state index in [0.29, 0.717) is 11.3 Å². The first-order chi connectivity index (χ1) is 10.9. The topological polar surface area (TPSA) is 88.1 Å². The summed E-state index contributed by atoms with van der Waals surface area (Å²) in [6.07, 6.45) is -2.49. The molecule has 1 aromatic rings. The van der Waals surface area contributed by atoms with Crippen molar-refractivity contribution < 1.29 is 33.3 Å². The first-order valence-electron chi connectivity index (χ1n) is 7.04. The van der Waals surface area contributed by atoms with Gasteiger partial charge >= 0.3 is 17.9 Å². The number of hydrogen-bond acceptors (Lipinski definition) is 7. The zero-order valence-electron chi connectivity index (χ0n) is 13.5. The molecule has 0 aliphatic heterocycles. The fraction of sp³-hybridized carbons (Fsp3) is 0.438. The molecule has 0 amide bonds. The molecule has 7 heteroatoms. The molecule has 2 atom stereocenters. The zero-order valence-corrected chi connectivity index (χ0v) is 13.5. The summed E-state index contributed by atoms with van der Waals surface area (Å²) in [4.78, 5) is 34.8. The van der Waals surface area contributed by atoms with Crippen molar-refractivity contribution in [1.82, 2.24) is 0 Å². The molecule has 0 aliphatic carbocycles. The number of rotatable bonds is 7. The number of methoxy groups -OCH3 is 1. The Hall–Kier alpha value is -2.57. The smallest absolute Gasteiger partial charge is 0.351 e. The third-order valence-corrected chi connectivity index (χ3v) is 2.82. The van der Waals surface area contributed by atoms with Crippen LogP contribution in [0.25, 0.3) is 0 Å². The van der Waals surface area contributed by atoms with Gasteiger partial charge in [-0.25, -0.2) is 4.79 Å². The number of benzene rings is 1. The monoisotopic (exact) mass is 324 g/mol. The molecule has 0 radical (unpaired) electrons. The van der Waals surface area contributed by atoms with E-state index in [4.69, 9.17) is 18.9 Å². The van der Waals surface area contributed by atoms with E-state index >= 15 is 0 Å². The molecule has 0 saturated heterocycles. The third kappa shape index (κ3) is 5.61. The summed E-state index contributed by atoms with van der Waals surface area (Å²) in [6, 6.07) is 6.51. The molecular weight excluding hydrogens is 304 g/mol. The van der Waals surface area contributed by atoms with Gasteiger partial charge in [0, 0.05) is 13.8 Å². The van der Waals surface area contributed by atoms with E-state index in [0.717, 1.165) is 6.92 Å². The lowest BCUT2D eigenvalue weighted by molar-refractivity contribution is -0.181. The molecule has 7 nitrogen and oxygen atoms in total. The lowest BCUT2D eigenvalue weighted by Gasteiger charge is -2.25. The summed E-state index contributed by atoms with van der Waals surface area (Å²) < 4.78 is 20.2. The van der Waals surface area contributed by atoms with Crippen molar-refractivity contribution in [3.63, 3.8) is 0 Å². The van der Waals surface area contributed by atoms with Gasteiger partial charge in [-0.3, -0.25) is 9.59 Å². The van der Waals surface area contributed by atoms with E-state index in [9.17, 15) is 14.4 Å². The van der Waals surface area contributed by atoms with Crippen molar-refractivity contribution in [2.45, 2.75) is 33.0 Å². The van der Waals surface area contributed by atoms with E-state index in [2.05, 4.69) is 0 Å². The van der Waals surface area contributed by atoms with Gasteiger partial charge in [-0.05, 0) is 24.6 Å². The number of carbonyl (C=O) groups excluding carboxylic acids is 3. The minimum absolute atomic E-state index is 0.103. The Morgan fingerprint density at radius 1 is 1.00 bits per heavy atom. The molecule has 1 aromatic carbocycles. The van der Waals surface area contributed by atoms with Crippen molar-refractivity contribution in [3.8, 4) is 5.75 Å². The molecule has 0 unspecified atom stereocenters. The average molecular weight is 324 g/mol. The van der Waals surface area contributed by atoms with Crippen molar-refractivity contribution >= 4 is 17.9 Å². The summed E-state index contributed by atoms with van der Waals surface area (Å²) in [6.45, 7) is 4.08. The van der Waals surface area contributed by atoms with Crippen LogP contribution in [0, 0.1) is 0 Å². The highest BCUT2D eigenvalue weighted by atomic mass is 16.6. The van der Waals surface area contributed by atoms with Gasteiger partial charge in [-0.15, -0.1) is 0 Å². The maximum atomic E-state index is 12.1. The second kappa shape index (κ2) is 8.77. The van der Waals surface area contributed by atoms with E-state index in [1.54, 1.807) is 31.2 Å². The van der Waals surface area contributed by atoms with Gasteiger partial charge in [0.2, 0.25) is 6.10 Å². The molecule has 1 rings (SSSR count). The second-order valence-corrected chi connectivity index (χ2v) is 4.59. The summed E-state index contributed by atoms with van der Waals surface area (Å²) >= 11 is 0. The zero-order chi connectivity index (χ0) is 17.4. The molecule has 0 spiro atoms. The first-order valence-corrected chi connectivity index (χ1v) is 7.04. The molecule has 0 saturated carbocycles. The van der Waals surface area contributed by atoms with Crippen LogP contribution < -0.4 is 4.74 Å². The van der Waals surface area contributed by atoms with Gasteiger partial charge in [-0.1, -0.05) is 12.1 Å². The SMILES string of the molecule is CCOC(=O)[C@@H](OC(C)=O)[C@H](OC(C)=O)c1ccc(OC)cc1. The van der Waals surface area contributed by atoms with Gasteiger partial charge in [0.25, 0.3) is 0 Å². The maximum Gasteiger partial charge on any atom is 0.351 e. The summed E-state index contributed by atoms with van der Waals surface area (Å²) in [5.41, 5.74) is 0.473. The van der Waals surface area contributed by atoms with Gasteiger partial charge in [0.05, 0.1) is 13.7 Å². The molecule has 0 heterocycles. The lowest BCUT2D eigenvalue weighted by atomic mass is 10.0. The first kappa shape index (κ1) is 18.5. The number of ether oxygens (including phenoxy) is 4. The molecule has 0 aliphatic rings. The lowest BCUT2D eigenvalue weighted by Crippen LogP contribution is -2.36. The number of esters is 3. The average Bonchev–Trinajstić information content (AvgIpc) is 2.50. The van der Waals surface area contributed by atoms with Gasteiger partial charge in [-0.2, -0.15) is 0 Å². The van der Waals surface area contributed by atoms with Crippen LogP contribution in [0.2, 0.25) is 0 Å². The van der Waals surface area contributed by atoms with Crippen molar-refractivity contribution in [1.29, 1.82) is 0 Å². The van der Waals surface area contributed by atoms with E-state index in [1.807, 2.05) is 0 Å². The minimum atomic E-state index is -1.38. The Morgan fingerprint density at radius 3 is 2.00 bits per heavy atom. The van der Waals surface area contributed by atoms with Crippen molar-refractivity contribution in [2.24, 2.45) is 0 Å². The molecule has 23 heavy (non-hydrogen) atoms. The van der Waals surface area contributed by atoms with Gasteiger partial charge < -0.3 is 18.9 Å². The van der Waals surface area contributed by atoms with Crippen LogP contribution in [0.3, 0.4) is 0 Å². The van der Waals surface area contributed by atoms with Crippen LogP contribution in [-0.2, 0) is 28.6 Å². The minimum Gasteiger partial charge on any atom is -0.497 e. The Bertz CT molecular complexity index is 550. The summed E-state index contributed by atoms with van der Waals surface area (Å²) in [5, 5.41) is 0. The van der Waals surface area contributed by atoms with Crippen LogP contribution in [-0.4, -0.2) is 37.7 Å². The normalized spacial score (nSPS) is 12.7. The standard InChI is InChI=1S/C16H20O7/c1-5-21-16(19)15(23-11(3)18)14(22-10(2)17)12-6-8-13(20-4)9-7-12/h6-9,14-15H,5H2,1-4H3/t14-,15+/m1/s1.